The molecule has 1 aromatic rings. The monoisotopic (exact) mass is 1010 g/mol. The molecule has 1 aromatic carbocycles. The van der Waals surface area contributed by atoms with E-state index < -0.39 is 0 Å². The first-order valence-electron chi connectivity index (χ1n) is 11.1. The van der Waals surface area contributed by atoms with Crippen molar-refractivity contribution in [1.82, 2.24) is 5.32 Å². The number of rotatable bonds is 21. The molecule has 0 aliphatic heterocycles. The normalized spacial score (nSPS) is 9.46. The van der Waals surface area contributed by atoms with Crippen LogP contribution >= 0.6 is 0 Å². The number of amides is 2. The molecule has 1 rings (SSSR count). The summed E-state index contributed by atoms with van der Waals surface area (Å²) < 4.78 is 26.0. The van der Waals surface area contributed by atoms with E-state index in [0.29, 0.717) is 82.7 Å². The second-order valence-electron chi connectivity index (χ2n) is 6.49. The van der Waals surface area contributed by atoms with Gasteiger partial charge in [-0.2, -0.15) is 11.4 Å². The fourth-order valence-electron chi connectivity index (χ4n) is 2.28. The third-order valence-electron chi connectivity index (χ3n) is 3.92. The number of nitrogens with one attached hydrogen (secondary N) is 3. The summed E-state index contributed by atoms with van der Waals surface area (Å²) in [5, 5.41) is 7.48. The number of esters is 1. The first kappa shape index (κ1) is 36.7. The summed E-state index contributed by atoms with van der Waals surface area (Å²) in [4.78, 5) is 41.5. The summed E-state index contributed by atoms with van der Waals surface area (Å²) in [6.07, 6.45) is 3.82. The largest absolute Gasteiger partial charge is 0.503 e. The Hall–Kier alpha value is -4.90. The van der Waals surface area contributed by atoms with Crippen LogP contribution in [-0.4, -0.2) is 98.1 Å². The van der Waals surface area contributed by atoms with E-state index in [0.717, 1.165) is 6.54 Å². The van der Waals surface area contributed by atoms with Crippen LogP contribution in [0.2, 0.25) is 0 Å². The molecule has 0 aliphatic rings. The van der Waals surface area contributed by atoms with Gasteiger partial charge < -0.3 is 49.2 Å². The third-order valence-corrected chi connectivity index (χ3v) is 3.92. The fourth-order valence-corrected chi connectivity index (χ4v) is 2.28. The maximum atomic E-state index is 11.0. The SMILES string of the molecule is CCOC(=O)CCOCCOCCOCCOCCNC.O=[C-]Nc1ccc(C=O)cc1N[C-]=O.[Fm].[Fm]. The van der Waals surface area contributed by atoms with Gasteiger partial charge in [0.15, 0.2) is 0 Å². The van der Waals surface area contributed by atoms with Crippen molar-refractivity contribution < 1.29 is 42.9 Å². The summed E-state index contributed by atoms with van der Waals surface area (Å²) in [5.41, 5.74) is 1.04. The maximum absolute atomic E-state index is 11.0. The molecule has 3 N–H and O–H groups in total. The zero-order valence-electron chi connectivity index (χ0n) is 20.8. The summed E-state index contributed by atoms with van der Waals surface area (Å²) in [7, 11) is 1.89. The van der Waals surface area contributed by atoms with Gasteiger partial charge in [-0.1, -0.05) is 6.07 Å². The first-order valence-corrected chi connectivity index (χ1v) is 11.1. The van der Waals surface area contributed by atoms with Crippen molar-refractivity contribution >= 4 is 36.5 Å². The topological polar surface area (TPSA) is 151 Å². The average Bonchev–Trinajstić information content (AvgIpc) is 2.86. The van der Waals surface area contributed by atoms with Crippen LogP contribution in [0.25, 0.3) is 0 Å². The average molecular weight is 1010 g/mol. The molecule has 0 heterocycles. The predicted molar refractivity (Wildman–Crippen MR) is 129 cm³/mol. The number of hydrogen-bond donors (Lipinski definition) is 3. The van der Waals surface area contributed by atoms with Crippen molar-refractivity contribution in [3.8, 4) is 0 Å². The molecular formula is C23H35Fm2N3O9-2. The van der Waals surface area contributed by atoms with E-state index in [1.807, 2.05) is 7.05 Å². The van der Waals surface area contributed by atoms with Gasteiger partial charge in [0.05, 0.1) is 78.7 Å². The molecule has 37 heavy (non-hydrogen) atoms. The molecule has 0 aliphatic carbocycles. The summed E-state index contributed by atoms with van der Waals surface area (Å²) >= 11 is 0. The quantitative estimate of drug-likeness (QED) is 0.0529. The van der Waals surface area contributed by atoms with E-state index in [-0.39, 0.29) is 12.4 Å². The van der Waals surface area contributed by atoms with Crippen molar-refractivity contribution in [3.05, 3.63) is 23.8 Å². The number of likely N-dealkylation sites (N-methyl/N-ethyl adjacent to an activating group) is 1. The molecule has 222 valence electrons. The van der Waals surface area contributed by atoms with Gasteiger partial charge in [0, 0.05) is 6.54 Å². The van der Waals surface area contributed by atoms with Gasteiger partial charge >= 0.3 is 5.97 Å². The van der Waals surface area contributed by atoms with E-state index in [2.05, 4.69) is 16.0 Å². The molecule has 0 radical (unpaired) electrons. The Morgan fingerprint density at radius 2 is 1.35 bits per heavy atom. The molecule has 2 amide bonds. The number of ether oxygens (including phenoxy) is 5. The van der Waals surface area contributed by atoms with Crippen molar-refractivity contribution in [2.45, 2.75) is 13.3 Å². The van der Waals surface area contributed by atoms with Crippen molar-refractivity contribution in [2.24, 2.45) is 0 Å². The van der Waals surface area contributed by atoms with Crippen LogP contribution in [0.15, 0.2) is 18.2 Å². The zero-order valence-corrected chi connectivity index (χ0v) is 25.6. The molecular weight excluding hydrogens is 976 g/mol. The van der Waals surface area contributed by atoms with E-state index in [1.54, 1.807) is 6.92 Å². The summed E-state index contributed by atoms with van der Waals surface area (Å²) in [5.74, 6) is -0.233. The van der Waals surface area contributed by atoms with Crippen LogP contribution in [0.1, 0.15) is 23.7 Å². The smallest absolute Gasteiger partial charge is 0.308 e. The molecule has 0 atom stereocenters. The summed E-state index contributed by atoms with van der Waals surface area (Å²) in [6.45, 7) is 7.28. The molecule has 0 unspecified atom stereocenters. The number of carbonyl (C=O) groups excluding carboxylic acids is 4. The van der Waals surface area contributed by atoms with Crippen LogP contribution < -0.4 is 16.0 Å². The van der Waals surface area contributed by atoms with Crippen molar-refractivity contribution in [2.75, 3.05) is 83.7 Å². The molecule has 12 nitrogen and oxygen atoms in total. The van der Waals surface area contributed by atoms with Crippen LogP contribution in [0.4, 0.5) is 11.4 Å². The third kappa shape index (κ3) is 21.4. The Labute approximate surface area is 206 Å². The minimum Gasteiger partial charge on any atom is -0.503 e. The van der Waals surface area contributed by atoms with Gasteiger partial charge in [0.1, 0.15) is 6.29 Å². The Balaban J connectivity index is -0.000000632. The van der Waals surface area contributed by atoms with Gasteiger partial charge in [0.2, 0.25) is 0 Å². The molecule has 0 fully saturated rings. The molecule has 0 aromatic heterocycles. The van der Waals surface area contributed by atoms with E-state index in [4.69, 9.17) is 23.7 Å². The van der Waals surface area contributed by atoms with Gasteiger partial charge in [-0.3, -0.25) is 9.59 Å². The number of hydrogen-bond acceptors (Lipinski definition) is 10. The Kier molecular flexibility index (Phi) is 27.1. The second kappa shape index (κ2) is 27.3. The standard InChI is InChI=1S/C14H29NO6.C9H6N2O3.2Fm/c1-3-21-14(16)4-6-17-8-10-19-12-13-20-11-9-18-7-5-15-2;12-4-7-1-2-8(10-5-13)9(3-7)11-6-14;;/h15H,3-13H2,1-2H3;1-4H,(H,10,13)(H,11,14);;/q;-2;;. The molecule has 14 heteroatoms. The van der Waals surface area contributed by atoms with Crippen molar-refractivity contribution in [1.29, 1.82) is 0 Å². The van der Waals surface area contributed by atoms with Gasteiger partial charge in [-0.25, -0.2) is 0 Å². The minimum atomic E-state index is -0.233. The molecule has 0 saturated heterocycles. The summed E-state index contributed by atoms with van der Waals surface area (Å²) in [6, 6.07) is 4.40. The number of benzene rings is 1. The van der Waals surface area contributed by atoms with Crippen LogP contribution in [-0.2, 0) is 38.1 Å². The van der Waals surface area contributed by atoms with Crippen LogP contribution in [0.3, 0.4) is 0 Å². The Bertz CT molecular complexity index is 716. The fraction of sp³-hybridized carbons (Fsp3) is 0.565. The zero-order chi connectivity index (χ0) is 26.0. The van der Waals surface area contributed by atoms with Crippen LogP contribution in [0, 0.1) is 0 Å². The van der Waals surface area contributed by atoms with Gasteiger partial charge in [0.25, 0.3) is 0 Å². The van der Waals surface area contributed by atoms with Crippen molar-refractivity contribution in [3.63, 3.8) is 0 Å². The van der Waals surface area contributed by atoms with E-state index >= 15 is 0 Å². The van der Waals surface area contributed by atoms with E-state index in [1.165, 1.54) is 31.0 Å². The van der Waals surface area contributed by atoms with E-state index in [9.17, 15) is 19.2 Å². The van der Waals surface area contributed by atoms with Crippen LogP contribution in [0.5, 0.6) is 0 Å². The minimum absolute atomic E-state index is 0. The number of carbonyl (C=O) groups is 2. The second-order valence-corrected chi connectivity index (χ2v) is 6.49. The van der Waals surface area contributed by atoms with Gasteiger partial charge in [-0.05, 0) is 19.5 Å². The predicted octanol–water partition coefficient (Wildman–Crippen LogP) is 0.683. The Morgan fingerprint density at radius 3 is 1.84 bits per heavy atom. The number of anilines is 2. The molecule has 0 bridgehead atoms. The number of aldehydes is 1. The van der Waals surface area contributed by atoms with Gasteiger partial charge in [-0.15, -0.1) is 12.1 Å². The molecule has 0 spiro atoms. The Morgan fingerprint density at radius 1 is 0.838 bits per heavy atom. The maximum Gasteiger partial charge on any atom is 0.308 e. The molecule has 0 saturated carbocycles. The first-order chi connectivity index (χ1) is 17.1.